The number of carbonyl (C=O) groups is 1. The summed E-state index contributed by atoms with van der Waals surface area (Å²) in [5.41, 5.74) is 4.21. The fourth-order valence-corrected chi connectivity index (χ4v) is 4.28. The lowest BCUT2D eigenvalue weighted by molar-refractivity contribution is -0.00413. The first-order valence-corrected chi connectivity index (χ1v) is 9.48. The van der Waals surface area contributed by atoms with Gasteiger partial charge in [-0.3, -0.25) is 0 Å². The highest BCUT2D eigenvalue weighted by Crippen LogP contribution is 2.42. The monoisotopic (exact) mass is 360 g/mol. The van der Waals surface area contributed by atoms with E-state index in [2.05, 4.69) is 41.0 Å². The second kappa shape index (κ2) is 7.05. The summed E-state index contributed by atoms with van der Waals surface area (Å²) in [6, 6.07) is 19.1. The zero-order valence-electron chi connectivity index (χ0n) is 15.6. The van der Waals surface area contributed by atoms with E-state index >= 15 is 0 Å². The Bertz CT molecular complexity index is 855. The Hall–Kier alpha value is -2.84. The molecule has 27 heavy (non-hydrogen) atoms. The molecule has 0 saturated carbocycles. The number of hydrogen-bond acceptors (Lipinski definition) is 3. The number of nitriles is 1. The van der Waals surface area contributed by atoms with E-state index in [-0.39, 0.29) is 24.2 Å². The number of nitrogens with one attached hydrogen (secondary N) is 2. The van der Waals surface area contributed by atoms with Gasteiger partial charge in [0.05, 0.1) is 23.7 Å². The lowest BCUT2D eigenvalue weighted by Crippen LogP contribution is -2.75. The lowest BCUT2D eigenvalue weighted by Gasteiger charge is -2.59. The number of rotatable bonds is 3. The van der Waals surface area contributed by atoms with Gasteiger partial charge in [0.1, 0.15) is 0 Å². The van der Waals surface area contributed by atoms with Crippen molar-refractivity contribution in [1.82, 2.24) is 15.5 Å². The summed E-state index contributed by atoms with van der Waals surface area (Å²) in [4.78, 5) is 14.5. The Balaban J connectivity index is 1.51. The molecular formula is C22H24N4O. The van der Waals surface area contributed by atoms with Crippen molar-refractivity contribution in [2.45, 2.75) is 37.9 Å². The van der Waals surface area contributed by atoms with E-state index in [1.54, 1.807) is 0 Å². The molecule has 3 atom stereocenters. The Morgan fingerprint density at radius 3 is 2.15 bits per heavy atom. The first kappa shape index (κ1) is 17.6. The minimum absolute atomic E-state index is 0.0481. The van der Waals surface area contributed by atoms with E-state index in [1.807, 2.05) is 43.0 Å². The van der Waals surface area contributed by atoms with Gasteiger partial charge in [0.25, 0.3) is 0 Å². The summed E-state index contributed by atoms with van der Waals surface area (Å²) < 4.78 is 0. The summed E-state index contributed by atoms with van der Waals surface area (Å²) in [5.74, 6) is 0.388. The average molecular weight is 360 g/mol. The van der Waals surface area contributed by atoms with Crippen LogP contribution >= 0.6 is 0 Å². The number of amides is 2. The Kier molecular flexibility index (Phi) is 4.59. The van der Waals surface area contributed by atoms with Crippen molar-refractivity contribution in [2.24, 2.45) is 0 Å². The van der Waals surface area contributed by atoms with Gasteiger partial charge in [-0.1, -0.05) is 36.4 Å². The lowest BCUT2D eigenvalue weighted by atomic mass is 9.72. The van der Waals surface area contributed by atoms with Crippen LogP contribution in [0.15, 0.2) is 48.5 Å². The number of benzene rings is 2. The molecule has 2 aliphatic heterocycles. The summed E-state index contributed by atoms with van der Waals surface area (Å²) >= 11 is 0. The molecule has 2 aromatic carbocycles. The third-order valence-electron chi connectivity index (χ3n) is 5.54. The summed E-state index contributed by atoms with van der Waals surface area (Å²) in [7, 11) is 0. The van der Waals surface area contributed by atoms with Crippen molar-refractivity contribution in [2.75, 3.05) is 13.1 Å². The van der Waals surface area contributed by atoms with Crippen molar-refractivity contribution >= 4 is 6.03 Å². The van der Waals surface area contributed by atoms with Crippen LogP contribution in [0.4, 0.5) is 4.79 Å². The maximum Gasteiger partial charge on any atom is 0.318 e. The molecular weight excluding hydrogens is 336 g/mol. The standard InChI is InChI=1S/C22H24N4O/c1-14(2)25-22(27)26-19-12-24-13-20(26)21(19)18-9-7-17(8-10-18)16-5-3-15(11-23)4-6-16/h3-10,14,19-21,24H,12-13H2,1-2H3,(H,25,27)/t19-,20+,21?. The van der Waals surface area contributed by atoms with Crippen LogP contribution in [0.5, 0.6) is 0 Å². The fraction of sp³-hybridized carbons (Fsp3) is 0.364. The van der Waals surface area contributed by atoms with Gasteiger partial charge in [0.2, 0.25) is 0 Å². The molecule has 2 amide bonds. The van der Waals surface area contributed by atoms with Gasteiger partial charge >= 0.3 is 6.03 Å². The molecule has 2 bridgehead atoms. The van der Waals surface area contributed by atoms with Crippen LogP contribution in [0, 0.1) is 11.3 Å². The van der Waals surface area contributed by atoms with Gasteiger partial charge < -0.3 is 15.5 Å². The van der Waals surface area contributed by atoms with E-state index in [0.717, 1.165) is 24.2 Å². The molecule has 5 nitrogen and oxygen atoms in total. The molecule has 138 valence electrons. The van der Waals surface area contributed by atoms with E-state index in [4.69, 9.17) is 5.26 Å². The molecule has 2 aliphatic rings. The minimum atomic E-state index is 0.0481. The second-order valence-electron chi connectivity index (χ2n) is 7.64. The van der Waals surface area contributed by atoms with Gasteiger partial charge in [-0.15, -0.1) is 0 Å². The molecule has 5 heteroatoms. The third kappa shape index (κ3) is 3.17. The van der Waals surface area contributed by atoms with Gasteiger partial charge in [0.15, 0.2) is 0 Å². The minimum Gasteiger partial charge on any atom is -0.336 e. The van der Waals surface area contributed by atoms with Gasteiger partial charge in [-0.05, 0) is 42.7 Å². The average Bonchev–Trinajstić information content (AvgIpc) is 2.68. The summed E-state index contributed by atoms with van der Waals surface area (Å²) in [6.45, 7) is 5.66. The number of piperidine rings is 1. The summed E-state index contributed by atoms with van der Waals surface area (Å²) in [6.07, 6.45) is 0. The maximum atomic E-state index is 12.5. The van der Waals surface area contributed by atoms with Crippen molar-refractivity contribution < 1.29 is 4.79 Å². The van der Waals surface area contributed by atoms with E-state index in [1.165, 1.54) is 5.56 Å². The van der Waals surface area contributed by atoms with Crippen molar-refractivity contribution in [1.29, 1.82) is 5.26 Å². The van der Waals surface area contributed by atoms with E-state index in [0.29, 0.717) is 11.5 Å². The van der Waals surface area contributed by atoms with E-state index < -0.39 is 0 Å². The quantitative estimate of drug-likeness (QED) is 0.884. The number of nitrogens with zero attached hydrogens (tertiary/aromatic N) is 2. The number of piperazine rings is 1. The highest BCUT2D eigenvalue weighted by molar-refractivity contribution is 5.77. The zero-order valence-corrected chi connectivity index (χ0v) is 15.6. The molecule has 0 radical (unpaired) electrons. The van der Waals surface area contributed by atoms with Crippen LogP contribution in [-0.2, 0) is 0 Å². The van der Waals surface area contributed by atoms with Crippen molar-refractivity contribution in [3.05, 3.63) is 59.7 Å². The normalized spacial score (nSPS) is 23.5. The molecule has 2 heterocycles. The van der Waals surface area contributed by atoms with Gasteiger partial charge in [0, 0.05) is 25.0 Å². The molecule has 2 N–H and O–H groups in total. The maximum absolute atomic E-state index is 12.5. The Labute approximate surface area is 160 Å². The Morgan fingerprint density at radius 1 is 1.07 bits per heavy atom. The molecule has 0 aliphatic carbocycles. The van der Waals surface area contributed by atoms with Crippen LogP contribution in [0.3, 0.4) is 0 Å². The molecule has 2 saturated heterocycles. The van der Waals surface area contributed by atoms with Crippen molar-refractivity contribution in [3.8, 4) is 17.2 Å². The zero-order chi connectivity index (χ0) is 19.0. The number of hydrogen-bond donors (Lipinski definition) is 2. The molecule has 4 rings (SSSR count). The molecule has 2 aromatic rings. The predicted octanol–water partition coefficient (Wildman–Crippen LogP) is 3.08. The highest BCUT2D eigenvalue weighted by atomic mass is 16.2. The highest BCUT2D eigenvalue weighted by Gasteiger charge is 2.53. The first-order valence-electron chi connectivity index (χ1n) is 9.48. The molecule has 0 spiro atoms. The first-order chi connectivity index (χ1) is 13.1. The smallest absolute Gasteiger partial charge is 0.318 e. The fourth-order valence-electron chi connectivity index (χ4n) is 4.28. The molecule has 0 aromatic heterocycles. The number of fused-ring (bicyclic) bond motifs is 2. The van der Waals surface area contributed by atoms with Crippen LogP contribution < -0.4 is 10.6 Å². The molecule has 2 fully saturated rings. The number of urea groups is 1. The number of carbonyl (C=O) groups excluding carboxylic acids is 1. The predicted molar refractivity (Wildman–Crippen MR) is 105 cm³/mol. The third-order valence-corrected chi connectivity index (χ3v) is 5.54. The summed E-state index contributed by atoms with van der Waals surface area (Å²) in [5, 5.41) is 15.4. The van der Waals surface area contributed by atoms with E-state index in [9.17, 15) is 4.79 Å². The van der Waals surface area contributed by atoms with Crippen LogP contribution in [0.1, 0.15) is 30.9 Å². The van der Waals surface area contributed by atoms with Crippen LogP contribution in [0.2, 0.25) is 0 Å². The SMILES string of the molecule is CC(C)NC(=O)N1[C@@H]2CNC[C@H]1C2c1ccc(-c2ccc(C#N)cc2)cc1. The largest absolute Gasteiger partial charge is 0.336 e. The molecule has 1 unspecified atom stereocenters. The van der Waals surface area contributed by atoms with Crippen LogP contribution in [-0.4, -0.2) is 42.1 Å². The topological polar surface area (TPSA) is 68.2 Å². The van der Waals surface area contributed by atoms with Gasteiger partial charge in [-0.2, -0.15) is 5.26 Å². The Morgan fingerprint density at radius 2 is 1.63 bits per heavy atom. The second-order valence-corrected chi connectivity index (χ2v) is 7.64. The van der Waals surface area contributed by atoms with Crippen LogP contribution in [0.25, 0.3) is 11.1 Å². The van der Waals surface area contributed by atoms with Gasteiger partial charge in [-0.25, -0.2) is 4.79 Å². The van der Waals surface area contributed by atoms with Crippen molar-refractivity contribution in [3.63, 3.8) is 0 Å².